The molecular formula is C11H15N3. The Bertz CT molecular complexity index is 352. The fourth-order valence-corrected chi connectivity index (χ4v) is 1.43. The van der Waals surface area contributed by atoms with Gasteiger partial charge < -0.3 is 11.5 Å². The first kappa shape index (κ1) is 10.6. The Kier molecular flexibility index (Phi) is 3.49. The number of rotatable bonds is 3. The van der Waals surface area contributed by atoms with Crippen molar-refractivity contribution in [1.29, 1.82) is 5.26 Å². The maximum absolute atomic E-state index is 8.73. The highest BCUT2D eigenvalue weighted by molar-refractivity contribution is 5.52. The van der Waals surface area contributed by atoms with Crippen molar-refractivity contribution >= 4 is 5.69 Å². The molecule has 3 nitrogen and oxygen atoms in total. The number of nitrogens with zero attached hydrogens (tertiary/aromatic N) is 1. The third-order valence-electron chi connectivity index (χ3n) is 2.22. The molecule has 0 unspecified atom stereocenters. The average molecular weight is 189 g/mol. The monoisotopic (exact) mass is 189 g/mol. The Morgan fingerprint density at radius 2 is 2.21 bits per heavy atom. The molecule has 0 aliphatic rings. The van der Waals surface area contributed by atoms with Crippen molar-refractivity contribution in [3.8, 4) is 6.07 Å². The Morgan fingerprint density at radius 3 is 2.79 bits per heavy atom. The van der Waals surface area contributed by atoms with Gasteiger partial charge >= 0.3 is 0 Å². The van der Waals surface area contributed by atoms with Gasteiger partial charge in [-0.25, -0.2) is 0 Å². The summed E-state index contributed by atoms with van der Waals surface area (Å²) in [5.74, 6) is 0. The molecule has 1 aromatic rings. The van der Waals surface area contributed by atoms with E-state index in [2.05, 4.69) is 13.0 Å². The van der Waals surface area contributed by atoms with Crippen LogP contribution in [0.4, 0.5) is 5.69 Å². The van der Waals surface area contributed by atoms with Gasteiger partial charge in [0.05, 0.1) is 11.6 Å². The van der Waals surface area contributed by atoms with Crippen LogP contribution in [0.2, 0.25) is 0 Å². The quantitative estimate of drug-likeness (QED) is 0.713. The summed E-state index contributed by atoms with van der Waals surface area (Å²) in [6, 6.07) is 7.24. The van der Waals surface area contributed by atoms with Gasteiger partial charge in [-0.15, -0.1) is 0 Å². The van der Waals surface area contributed by atoms with Gasteiger partial charge in [-0.1, -0.05) is 13.3 Å². The molecule has 0 saturated heterocycles. The number of nitriles is 1. The van der Waals surface area contributed by atoms with Crippen LogP contribution in [0.3, 0.4) is 0 Å². The minimum absolute atomic E-state index is 0.0618. The molecule has 4 N–H and O–H groups in total. The third-order valence-corrected chi connectivity index (χ3v) is 2.22. The van der Waals surface area contributed by atoms with E-state index in [1.807, 2.05) is 0 Å². The predicted octanol–water partition coefficient (Wildman–Crippen LogP) is 1.94. The molecule has 0 heterocycles. The van der Waals surface area contributed by atoms with E-state index in [9.17, 15) is 0 Å². The highest BCUT2D eigenvalue weighted by Gasteiger charge is 2.09. The molecule has 1 atom stereocenters. The van der Waals surface area contributed by atoms with Crippen LogP contribution in [0, 0.1) is 11.3 Å². The molecule has 0 radical (unpaired) electrons. The lowest BCUT2D eigenvalue weighted by atomic mass is 9.99. The molecule has 14 heavy (non-hydrogen) atoms. The van der Waals surface area contributed by atoms with Crippen molar-refractivity contribution < 1.29 is 0 Å². The fourth-order valence-electron chi connectivity index (χ4n) is 1.43. The van der Waals surface area contributed by atoms with E-state index in [1.54, 1.807) is 18.2 Å². The first-order chi connectivity index (χ1) is 6.69. The minimum Gasteiger partial charge on any atom is -0.398 e. The Balaban J connectivity index is 3.01. The summed E-state index contributed by atoms with van der Waals surface area (Å²) in [7, 11) is 0. The summed E-state index contributed by atoms with van der Waals surface area (Å²) in [5, 5.41) is 8.73. The van der Waals surface area contributed by atoms with Gasteiger partial charge in [0.1, 0.15) is 0 Å². The normalized spacial score (nSPS) is 12.1. The van der Waals surface area contributed by atoms with Crippen molar-refractivity contribution in [2.75, 3.05) is 5.73 Å². The highest BCUT2D eigenvalue weighted by Crippen LogP contribution is 2.23. The number of anilines is 1. The van der Waals surface area contributed by atoms with Gasteiger partial charge in [0.25, 0.3) is 0 Å². The summed E-state index contributed by atoms with van der Waals surface area (Å²) >= 11 is 0. The fraction of sp³-hybridized carbons (Fsp3) is 0.364. The van der Waals surface area contributed by atoms with Crippen LogP contribution < -0.4 is 11.5 Å². The Hall–Kier alpha value is -1.53. The molecule has 0 spiro atoms. The standard InChI is InChI=1S/C11H15N3/c1-2-3-10(13)9-6-8(7-12)4-5-11(9)14/h4-6,10H,2-3,13-14H2,1H3/t10-/m1/s1. The summed E-state index contributed by atoms with van der Waals surface area (Å²) in [6.45, 7) is 2.07. The van der Waals surface area contributed by atoms with Crippen LogP contribution in [0.1, 0.15) is 36.9 Å². The smallest absolute Gasteiger partial charge is 0.0991 e. The van der Waals surface area contributed by atoms with Gasteiger partial charge in [-0.2, -0.15) is 5.26 Å². The third kappa shape index (κ3) is 2.24. The maximum atomic E-state index is 8.73. The molecule has 0 aliphatic heterocycles. The predicted molar refractivity (Wildman–Crippen MR) is 57.4 cm³/mol. The SMILES string of the molecule is CCC[C@@H](N)c1cc(C#N)ccc1N. The Morgan fingerprint density at radius 1 is 1.50 bits per heavy atom. The Labute approximate surface area is 84.3 Å². The molecule has 0 saturated carbocycles. The van der Waals surface area contributed by atoms with Crippen molar-refractivity contribution in [2.24, 2.45) is 5.73 Å². The molecule has 0 aromatic heterocycles. The highest BCUT2D eigenvalue weighted by atomic mass is 14.7. The summed E-state index contributed by atoms with van der Waals surface area (Å²) in [6.07, 6.45) is 1.90. The van der Waals surface area contributed by atoms with Crippen LogP contribution in [-0.2, 0) is 0 Å². The van der Waals surface area contributed by atoms with Crippen LogP contribution in [0.25, 0.3) is 0 Å². The van der Waals surface area contributed by atoms with Gasteiger partial charge in [0.15, 0.2) is 0 Å². The van der Waals surface area contributed by atoms with Crippen molar-refractivity contribution in [3.63, 3.8) is 0 Å². The number of hydrogen-bond donors (Lipinski definition) is 2. The minimum atomic E-state index is -0.0618. The van der Waals surface area contributed by atoms with Crippen molar-refractivity contribution in [2.45, 2.75) is 25.8 Å². The summed E-state index contributed by atoms with van der Waals surface area (Å²) in [5.41, 5.74) is 13.9. The second-order valence-electron chi connectivity index (χ2n) is 3.35. The van der Waals surface area contributed by atoms with Gasteiger partial charge in [0.2, 0.25) is 0 Å². The molecule has 0 bridgehead atoms. The molecule has 0 aliphatic carbocycles. The van der Waals surface area contributed by atoms with E-state index in [4.69, 9.17) is 16.7 Å². The largest absolute Gasteiger partial charge is 0.398 e. The van der Waals surface area contributed by atoms with E-state index >= 15 is 0 Å². The zero-order valence-corrected chi connectivity index (χ0v) is 8.33. The average Bonchev–Trinajstić information content (AvgIpc) is 2.19. The number of nitrogens with two attached hydrogens (primary N) is 2. The maximum Gasteiger partial charge on any atom is 0.0991 e. The molecule has 0 amide bonds. The molecule has 1 rings (SSSR count). The molecular weight excluding hydrogens is 174 g/mol. The zero-order chi connectivity index (χ0) is 10.6. The van der Waals surface area contributed by atoms with E-state index in [-0.39, 0.29) is 6.04 Å². The van der Waals surface area contributed by atoms with E-state index in [0.29, 0.717) is 11.3 Å². The lowest BCUT2D eigenvalue weighted by Gasteiger charge is -2.13. The molecule has 3 heteroatoms. The van der Waals surface area contributed by atoms with Crippen LogP contribution >= 0.6 is 0 Å². The number of benzene rings is 1. The number of nitrogen functional groups attached to an aromatic ring is 1. The second kappa shape index (κ2) is 4.64. The van der Waals surface area contributed by atoms with Crippen molar-refractivity contribution in [1.82, 2.24) is 0 Å². The lowest BCUT2D eigenvalue weighted by molar-refractivity contribution is 0.640. The topological polar surface area (TPSA) is 75.8 Å². The van der Waals surface area contributed by atoms with Gasteiger partial charge in [-0.05, 0) is 30.2 Å². The molecule has 74 valence electrons. The second-order valence-corrected chi connectivity index (χ2v) is 3.35. The lowest BCUT2D eigenvalue weighted by Crippen LogP contribution is -2.12. The van der Waals surface area contributed by atoms with Crippen LogP contribution in [-0.4, -0.2) is 0 Å². The number of hydrogen-bond acceptors (Lipinski definition) is 3. The molecule has 1 aromatic carbocycles. The van der Waals surface area contributed by atoms with E-state index in [0.717, 1.165) is 18.4 Å². The summed E-state index contributed by atoms with van der Waals surface area (Å²) < 4.78 is 0. The van der Waals surface area contributed by atoms with Crippen LogP contribution in [0.5, 0.6) is 0 Å². The zero-order valence-electron chi connectivity index (χ0n) is 8.33. The van der Waals surface area contributed by atoms with E-state index in [1.165, 1.54) is 0 Å². The summed E-state index contributed by atoms with van der Waals surface area (Å²) in [4.78, 5) is 0. The van der Waals surface area contributed by atoms with Gasteiger partial charge in [-0.3, -0.25) is 0 Å². The van der Waals surface area contributed by atoms with Gasteiger partial charge in [0, 0.05) is 11.7 Å². The first-order valence-corrected chi connectivity index (χ1v) is 4.74. The first-order valence-electron chi connectivity index (χ1n) is 4.74. The van der Waals surface area contributed by atoms with Crippen molar-refractivity contribution in [3.05, 3.63) is 29.3 Å². The van der Waals surface area contributed by atoms with E-state index < -0.39 is 0 Å². The van der Waals surface area contributed by atoms with Crippen LogP contribution in [0.15, 0.2) is 18.2 Å². The molecule has 0 fully saturated rings.